The maximum atomic E-state index is 5.62. The number of nitrogens with zero attached hydrogens (tertiary/aromatic N) is 2. The molecule has 0 unspecified atom stereocenters. The summed E-state index contributed by atoms with van der Waals surface area (Å²) in [7, 11) is 3.40. The van der Waals surface area contributed by atoms with Gasteiger partial charge in [0.2, 0.25) is 0 Å². The molecule has 0 radical (unpaired) electrons. The molecule has 1 aliphatic carbocycles. The molecule has 144 valence electrons. The molecule has 1 atom stereocenters. The standard InChI is InChI=1S/C21H27N3O3/c1-25-13-21-23-18(16-6-7-27-12-16)10-20(24-21)22-11-17-8-14-4-3-5-15(14)9-19(17)26-2/h8-10,16H,3-7,11-13H2,1-2H3,(H,22,23,24)/t16-/m0/s1. The average molecular weight is 369 g/mol. The van der Waals surface area contributed by atoms with Crippen LogP contribution in [-0.2, 0) is 35.5 Å². The smallest absolute Gasteiger partial charge is 0.156 e. The summed E-state index contributed by atoms with van der Waals surface area (Å²) in [6.45, 7) is 2.59. The van der Waals surface area contributed by atoms with Gasteiger partial charge in [0.15, 0.2) is 5.82 Å². The first kappa shape index (κ1) is 18.2. The van der Waals surface area contributed by atoms with Crippen molar-refractivity contribution in [1.29, 1.82) is 0 Å². The van der Waals surface area contributed by atoms with Crippen LogP contribution in [0.3, 0.4) is 0 Å². The first-order valence-corrected chi connectivity index (χ1v) is 9.64. The van der Waals surface area contributed by atoms with Gasteiger partial charge in [-0.1, -0.05) is 6.07 Å². The van der Waals surface area contributed by atoms with Gasteiger partial charge >= 0.3 is 0 Å². The Bertz CT molecular complexity index is 803. The summed E-state index contributed by atoms with van der Waals surface area (Å²) in [5, 5.41) is 3.46. The van der Waals surface area contributed by atoms with Gasteiger partial charge in [-0.15, -0.1) is 0 Å². The number of aromatic nitrogens is 2. The highest BCUT2D eigenvalue weighted by molar-refractivity contribution is 5.47. The monoisotopic (exact) mass is 369 g/mol. The number of nitrogens with one attached hydrogen (secondary N) is 1. The molecule has 6 nitrogen and oxygen atoms in total. The van der Waals surface area contributed by atoms with Gasteiger partial charge in [-0.25, -0.2) is 9.97 Å². The van der Waals surface area contributed by atoms with Gasteiger partial charge in [-0.05, 0) is 42.9 Å². The van der Waals surface area contributed by atoms with E-state index in [1.165, 1.54) is 17.5 Å². The van der Waals surface area contributed by atoms with Gasteiger partial charge in [0.05, 0.1) is 19.4 Å². The Hall–Kier alpha value is -2.18. The lowest BCUT2D eigenvalue weighted by molar-refractivity contribution is 0.177. The van der Waals surface area contributed by atoms with Gasteiger partial charge in [-0.2, -0.15) is 0 Å². The van der Waals surface area contributed by atoms with Crippen LogP contribution in [-0.4, -0.2) is 37.4 Å². The third-order valence-corrected chi connectivity index (χ3v) is 5.37. The molecule has 2 heterocycles. The van der Waals surface area contributed by atoms with Crippen LogP contribution in [0.1, 0.15) is 47.0 Å². The molecule has 1 N–H and O–H groups in total. The molecule has 27 heavy (non-hydrogen) atoms. The Balaban J connectivity index is 1.55. The number of ether oxygens (including phenoxy) is 3. The Morgan fingerprint density at radius 1 is 1.15 bits per heavy atom. The second-order valence-corrected chi connectivity index (χ2v) is 7.23. The van der Waals surface area contributed by atoms with E-state index in [2.05, 4.69) is 27.4 Å². The van der Waals surface area contributed by atoms with Crippen LogP contribution in [0.25, 0.3) is 0 Å². The highest BCUT2D eigenvalue weighted by atomic mass is 16.5. The normalized spacial score (nSPS) is 18.5. The highest BCUT2D eigenvalue weighted by Gasteiger charge is 2.21. The predicted octanol–water partition coefficient (Wildman–Crippen LogP) is 3.24. The molecule has 2 aliphatic rings. The van der Waals surface area contributed by atoms with Crippen molar-refractivity contribution in [3.05, 3.63) is 46.4 Å². The Morgan fingerprint density at radius 2 is 2.00 bits per heavy atom. The van der Waals surface area contributed by atoms with E-state index in [-0.39, 0.29) is 0 Å². The fourth-order valence-corrected chi connectivity index (χ4v) is 3.95. The molecule has 4 rings (SSSR count). The van der Waals surface area contributed by atoms with Crippen molar-refractivity contribution < 1.29 is 14.2 Å². The number of benzene rings is 1. The minimum absolute atomic E-state index is 0.332. The van der Waals surface area contributed by atoms with Crippen molar-refractivity contribution in [2.45, 2.75) is 44.8 Å². The molecule has 0 bridgehead atoms. The summed E-state index contributed by atoms with van der Waals surface area (Å²) in [5.41, 5.74) is 5.05. The van der Waals surface area contributed by atoms with E-state index in [1.807, 2.05) is 6.07 Å². The molecule has 1 saturated heterocycles. The van der Waals surface area contributed by atoms with Crippen LogP contribution < -0.4 is 10.1 Å². The zero-order chi connectivity index (χ0) is 18.6. The lowest BCUT2D eigenvalue weighted by Crippen LogP contribution is -2.10. The fraction of sp³-hybridized carbons (Fsp3) is 0.524. The molecule has 6 heteroatoms. The summed E-state index contributed by atoms with van der Waals surface area (Å²) < 4.78 is 16.4. The first-order chi connectivity index (χ1) is 13.3. The summed E-state index contributed by atoms with van der Waals surface area (Å²) in [4.78, 5) is 9.27. The van der Waals surface area contributed by atoms with E-state index in [1.54, 1.807) is 14.2 Å². The predicted molar refractivity (Wildman–Crippen MR) is 103 cm³/mol. The molecule has 1 aromatic heterocycles. The Morgan fingerprint density at radius 3 is 2.74 bits per heavy atom. The number of rotatable bonds is 7. The van der Waals surface area contributed by atoms with E-state index in [0.29, 0.717) is 24.9 Å². The first-order valence-electron chi connectivity index (χ1n) is 9.64. The topological polar surface area (TPSA) is 65.5 Å². The van der Waals surface area contributed by atoms with Crippen molar-refractivity contribution in [3.63, 3.8) is 0 Å². The number of hydrogen-bond donors (Lipinski definition) is 1. The lowest BCUT2D eigenvalue weighted by Gasteiger charge is -2.15. The summed E-state index contributed by atoms with van der Waals surface area (Å²) in [6.07, 6.45) is 4.54. The van der Waals surface area contributed by atoms with Gasteiger partial charge in [0.25, 0.3) is 0 Å². The second-order valence-electron chi connectivity index (χ2n) is 7.23. The SMILES string of the molecule is COCc1nc(NCc2cc3c(cc2OC)CCC3)cc([C@H]2CCOC2)n1. The van der Waals surface area contributed by atoms with Crippen molar-refractivity contribution in [2.75, 3.05) is 32.8 Å². The molecule has 1 aliphatic heterocycles. The molecule has 2 aromatic rings. The molecule has 0 saturated carbocycles. The third kappa shape index (κ3) is 4.06. The molecular weight excluding hydrogens is 342 g/mol. The van der Waals surface area contributed by atoms with Gasteiger partial charge in [0, 0.05) is 37.8 Å². The van der Waals surface area contributed by atoms with Gasteiger partial charge in [-0.3, -0.25) is 0 Å². The third-order valence-electron chi connectivity index (χ3n) is 5.37. The average Bonchev–Trinajstić information content (AvgIpc) is 3.37. The number of anilines is 1. The van der Waals surface area contributed by atoms with E-state index >= 15 is 0 Å². The van der Waals surface area contributed by atoms with Crippen molar-refractivity contribution >= 4 is 5.82 Å². The van der Waals surface area contributed by atoms with Gasteiger partial charge in [0.1, 0.15) is 18.2 Å². The van der Waals surface area contributed by atoms with E-state index in [0.717, 1.165) is 55.3 Å². The van der Waals surface area contributed by atoms with E-state index < -0.39 is 0 Å². The largest absolute Gasteiger partial charge is 0.496 e. The number of aryl methyl sites for hydroxylation is 2. The van der Waals surface area contributed by atoms with Crippen LogP contribution in [0.15, 0.2) is 18.2 Å². The van der Waals surface area contributed by atoms with Crippen LogP contribution in [0, 0.1) is 0 Å². The lowest BCUT2D eigenvalue weighted by atomic mass is 10.0. The summed E-state index contributed by atoms with van der Waals surface area (Å²) in [6, 6.07) is 6.51. The molecule has 0 amide bonds. The minimum atomic E-state index is 0.332. The molecule has 1 fully saturated rings. The minimum Gasteiger partial charge on any atom is -0.496 e. The summed E-state index contributed by atoms with van der Waals surface area (Å²) in [5.74, 6) is 2.80. The quantitative estimate of drug-likeness (QED) is 0.808. The maximum Gasteiger partial charge on any atom is 0.156 e. The van der Waals surface area contributed by atoms with Gasteiger partial charge < -0.3 is 19.5 Å². The number of methoxy groups -OCH3 is 2. The summed E-state index contributed by atoms with van der Waals surface area (Å²) >= 11 is 0. The van der Waals surface area contributed by atoms with Crippen LogP contribution in [0.4, 0.5) is 5.82 Å². The Kier molecular flexibility index (Phi) is 5.55. The van der Waals surface area contributed by atoms with Crippen molar-refractivity contribution in [3.8, 4) is 5.75 Å². The maximum absolute atomic E-state index is 5.62. The van der Waals surface area contributed by atoms with Crippen LogP contribution >= 0.6 is 0 Å². The number of hydrogen-bond acceptors (Lipinski definition) is 6. The molecular formula is C21H27N3O3. The molecule has 0 spiro atoms. The van der Waals surface area contributed by atoms with Crippen LogP contribution in [0.2, 0.25) is 0 Å². The van der Waals surface area contributed by atoms with E-state index in [9.17, 15) is 0 Å². The zero-order valence-electron chi connectivity index (χ0n) is 16.1. The highest BCUT2D eigenvalue weighted by Crippen LogP contribution is 2.31. The Labute approximate surface area is 160 Å². The second kappa shape index (κ2) is 8.23. The molecule has 1 aromatic carbocycles. The van der Waals surface area contributed by atoms with Crippen molar-refractivity contribution in [1.82, 2.24) is 9.97 Å². The van der Waals surface area contributed by atoms with E-state index in [4.69, 9.17) is 14.2 Å². The number of fused-ring (bicyclic) bond motifs is 1. The zero-order valence-corrected chi connectivity index (χ0v) is 16.1. The van der Waals surface area contributed by atoms with Crippen LogP contribution in [0.5, 0.6) is 5.75 Å². The van der Waals surface area contributed by atoms with Crippen molar-refractivity contribution in [2.24, 2.45) is 0 Å². The fourth-order valence-electron chi connectivity index (χ4n) is 3.95.